The molecule has 14 heavy (non-hydrogen) atoms. The molecular weight excluding hydrogens is 204 g/mol. The highest BCUT2D eigenvalue weighted by Gasteiger charge is 2.13. The van der Waals surface area contributed by atoms with Gasteiger partial charge in [0, 0.05) is 6.26 Å². The Morgan fingerprint density at radius 1 is 1.36 bits per heavy atom. The Labute approximate surface area is 82.1 Å². The number of carboxylic acids is 1. The molecule has 0 spiro atoms. The van der Waals surface area contributed by atoms with Crippen LogP contribution in [0.3, 0.4) is 0 Å². The normalized spacial score (nSPS) is 11.3. The second kappa shape index (κ2) is 3.42. The van der Waals surface area contributed by atoms with Crippen molar-refractivity contribution in [2.75, 3.05) is 6.26 Å². The minimum Gasteiger partial charge on any atom is -0.478 e. The first-order valence-electron chi connectivity index (χ1n) is 3.86. The van der Waals surface area contributed by atoms with Crippen molar-refractivity contribution < 1.29 is 18.3 Å². The summed E-state index contributed by atoms with van der Waals surface area (Å²) in [7, 11) is -3.35. The summed E-state index contributed by atoms with van der Waals surface area (Å²) >= 11 is 0. The van der Waals surface area contributed by atoms with Gasteiger partial charge in [-0.1, -0.05) is 6.07 Å². The number of carbonyl (C=O) groups is 1. The molecule has 1 rings (SSSR count). The maximum atomic E-state index is 11.2. The minimum atomic E-state index is -3.35. The molecule has 5 heteroatoms. The predicted molar refractivity (Wildman–Crippen MR) is 51.2 cm³/mol. The van der Waals surface area contributed by atoms with Crippen LogP contribution >= 0.6 is 0 Å². The Balaban J connectivity index is 3.44. The lowest BCUT2D eigenvalue weighted by Crippen LogP contribution is -2.04. The van der Waals surface area contributed by atoms with Crippen LogP contribution in [0.5, 0.6) is 0 Å². The van der Waals surface area contributed by atoms with Gasteiger partial charge in [0.1, 0.15) is 0 Å². The smallest absolute Gasteiger partial charge is 0.335 e. The summed E-state index contributed by atoms with van der Waals surface area (Å²) in [5, 5.41) is 8.67. The fourth-order valence-electron chi connectivity index (χ4n) is 1.13. The molecule has 0 atom stereocenters. The van der Waals surface area contributed by atoms with E-state index in [-0.39, 0.29) is 10.5 Å². The van der Waals surface area contributed by atoms with Crippen LogP contribution in [0.2, 0.25) is 0 Å². The first kappa shape index (κ1) is 10.7. The van der Waals surface area contributed by atoms with Gasteiger partial charge < -0.3 is 5.11 Å². The molecule has 0 unspecified atom stereocenters. The van der Waals surface area contributed by atoms with Crippen LogP contribution in [0.25, 0.3) is 0 Å². The molecule has 1 N–H and O–H groups in total. The van der Waals surface area contributed by atoms with E-state index in [4.69, 9.17) is 5.11 Å². The van der Waals surface area contributed by atoms with Gasteiger partial charge in [-0.2, -0.15) is 0 Å². The molecule has 0 radical (unpaired) electrons. The van der Waals surface area contributed by atoms with Gasteiger partial charge in [0.25, 0.3) is 0 Å². The topological polar surface area (TPSA) is 71.4 Å². The lowest BCUT2D eigenvalue weighted by Gasteiger charge is -2.04. The van der Waals surface area contributed by atoms with E-state index >= 15 is 0 Å². The first-order chi connectivity index (χ1) is 6.32. The molecule has 0 heterocycles. The van der Waals surface area contributed by atoms with E-state index < -0.39 is 15.8 Å². The average molecular weight is 214 g/mol. The summed E-state index contributed by atoms with van der Waals surface area (Å²) < 4.78 is 22.5. The molecule has 0 aliphatic rings. The van der Waals surface area contributed by atoms with Gasteiger partial charge in [0.05, 0.1) is 10.5 Å². The maximum Gasteiger partial charge on any atom is 0.335 e. The molecule has 0 saturated heterocycles. The van der Waals surface area contributed by atoms with Crippen LogP contribution in [0.4, 0.5) is 0 Å². The Bertz CT molecular complexity index is 474. The molecule has 0 saturated carbocycles. The zero-order valence-electron chi connectivity index (χ0n) is 7.81. The highest BCUT2D eigenvalue weighted by Crippen LogP contribution is 2.16. The van der Waals surface area contributed by atoms with E-state index in [2.05, 4.69) is 0 Å². The number of aryl methyl sites for hydroxylation is 1. The van der Waals surface area contributed by atoms with E-state index in [0.29, 0.717) is 5.56 Å². The summed E-state index contributed by atoms with van der Waals surface area (Å²) in [4.78, 5) is 10.7. The molecule has 4 nitrogen and oxygen atoms in total. The standard InChI is InChI=1S/C9H10O4S/c1-6-3-4-7(9(10)11)5-8(6)14(2,12)13/h3-5H,1-2H3,(H,10,11). The van der Waals surface area contributed by atoms with Crippen LogP contribution in [0, 0.1) is 6.92 Å². The van der Waals surface area contributed by atoms with Crippen molar-refractivity contribution in [1.82, 2.24) is 0 Å². The minimum absolute atomic E-state index is 0.0176. The monoisotopic (exact) mass is 214 g/mol. The predicted octanol–water partition coefficient (Wildman–Crippen LogP) is 1.10. The van der Waals surface area contributed by atoms with Crippen LogP contribution in [-0.2, 0) is 9.84 Å². The van der Waals surface area contributed by atoms with Crippen molar-refractivity contribution in [1.29, 1.82) is 0 Å². The number of hydrogen-bond donors (Lipinski definition) is 1. The number of hydrogen-bond acceptors (Lipinski definition) is 3. The summed E-state index contributed by atoms with van der Waals surface area (Å²) in [6, 6.07) is 4.04. The van der Waals surface area contributed by atoms with Crippen LogP contribution in [0.15, 0.2) is 23.1 Å². The lowest BCUT2D eigenvalue weighted by molar-refractivity contribution is 0.0696. The van der Waals surface area contributed by atoms with Gasteiger partial charge in [-0.05, 0) is 24.6 Å². The third kappa shape index (κ3) is 2.11. The molecule has 0 fully saturated rings. The van der Waals surface area contributed by atoms with E-state index in [0.717, 1.165) is 6.26 Å². The number of benzene rings is 1. The highest BCUT2D eigenvalue weighted by atomic mass is 32.2. The lowest BCUT2D eigenvalue weighted by atomic mass is 10.1. The molecule has 0 aromatic heterocycles. The molecule has 0 amide bonds. The van der Waals surface area contributed by atoms with Gasteiger partial charge in [0.2, 0.25) is 0 Å². The average Bonchev–Trinajstić information content (AvgIpc) is 2.02. The molecule has 76 valence electrons. The highest BCUT2D eigenvalue weighted by molar-refractivity contribution is 7.90. The molecule has 1 aromatic rings. The van der Waals surface area contributed by atoms with Gasteiger partial charge in [-0.3, -0.25) is 0 Å². The van der Waals surface area contributed by atoms with Crippen molar-refractivity contribution in [2.24, 2.45) is 0 Å². The molecule has 1 aromatic carbocycles. The van der Waals surface area contributed by atoms with Crippen LogP contribution in [0.1, 0.15) is 15.9 Å². The summed E-state index contributed by atoms with van der Waals surface area (Å²) in [5.41, 5.74) is 0.536. The largest absolute Gasteiger partial charge is 0.478 e. The van der Waals surface area contributed by atoms with Gasteiger partial charge >= 0.3 is 5.97 Å². The van der Waals surface area contributed by atoms with Crippen molar-refractivity contribution in [3.05, 3.63) is 29.3 Å². The maximum absolute atomic E-state index is 11.2. The Kier molecular flexibility index (Phi) is 2.62. The van der Waals surface area contributed by atoms with Crippen molar-refractivity contribution in [3.63, 3.8) is 0 Å². The third-order valence-electron chi connectivity index (χ3n) is 1.83. The number of aromatic carboxylic acids is 1. The van der Waals surface area contributed by atoms with Gasteiger partial charge in [0.15, 0.2) is 9.84 Å². The van der Waals surface area contributed by atoms with E-state index in [1.54, 1.807) is 6.92 Å². The fourth-order valence-corrected chi connectivity index (χ4v) is 2.13. The zero-order chi connectivity index (χ0) is 10.9. The van der Waals surface area contributed by atoms with Crippen molar-refractivity contribution >= 4 is 15.8 Å². The molecular formula is C9H10O4S. The number of carboxylic acid groups (broad SMARTS) is 1. The van der Waals surface area contributed by atoms with E-state index in [1.165, 1.54) is 18.2 Å². The molecule has 0 bridgehead atoms. The second-order valence-corrected chi connectivity index (χ2v) is 5.04. The zero-order valence-corrected chi connectivity index (χ0v) is 8.63. The summed E-state index contributed by atoms with van der Waals surface area (Å²) in [5.74, 6) is -1.13. The van der Waals surface area contributed by atoms with E-state index in [1.807, 2.05) is 0 Å². The number of sulfone groups is 1. The molecule has 0 aliphatic carbocycles. The molecule has 0 aliphatic heterocycles. The SMILES string of the molecule is Cc1ccc(C(=O)O)cc1S(C)(=O)=O. The first-order valence-corrected chi connectivity index (χ1v) is 5.75. The Hall–Kier alpha value is -1.36. The summed E-state index contributed by atoms with van der Waals surface area (Å²) in [6.07, 6.45) is 1.06. The van der Waals surface area contributed by atoms with E-state index in [9.17, 15) is 13.2 Å². The van der Waals surface area contributed by atoms with Gasteiger partial charge in [-0.15, -0.1) is 0 Å². The fraction of sp³-hybridized carbons (Fsp3) is 0.222. The van der Waals surface area contributed by atoms with Crippen molar-refractivity contribution in [3.8, 4) is 0 Å². The van der Waals surface area contributed by atoms with Crippen molar-refractivity contribution in [2.45, 2.75) is 11.8 Å². The number of rotatable bonds is 2. The Morgan fingerprint density at radius 2 is 1.93 bits per heavy atom. The Morgan fingerprint density at radius 3 is 2.36 bits per heavy atom. The van der Waals surface area contributed by atoms with Crippen LogP contribution < -0.4 is 0 Å². The quantitative estimate of drug-likeness (QED) is 0.800. The van der Waals surface area contributed by atoms with Gasteiger partial charge in [-0.25, -0.2) is 13.2 Å². The summed E-state index contributed by atoms with van der Waals surface area (Å²) in [6.45, 7) is 1.63. The van der Waals surface area contributed by atoms with Crippen LogP contribution in [-0.4, -0.2) is 25.7 Å². The second-order valence-electron chi connectivity index (χ2n) is 3.06. The third-order valence-corrected chi connectivity index (χ3v) is 3.07.